The lowest BCUT2D eigenvalue weighted by atomic mass is 9.98. The number of urea groups is 1. The summed E-state index contributed by atoms with van der Waals surface area (Å²) in [6.45, 7) is 6.88. The standard InChI is InChI=1S/C18H30N4O9S/c1-18(2,3)30-17(25)20-8-6-12(7-9-20)11-29-19-15(23)14-5-4-13-10-21(14)16(24)22(13)31-32(26,27)28/h12-14H,4-11H2,1-3H3,(H,19,23)(H,26,27,28)/t13-,14+/m1/s1. The van der Waals surface area contributed by atoms with Crippen molar-refractivity contribution in [3.8, 4) is 0 Å². The molecule has 3 fully saturated rings. The van der Waals surface area contributed by atoms with Crippen LogP contribution in [0.1, 0.15) is 46.5 Å². The van der Waals surface area contributed by atoms with Crippen molar-refractivity contribution in [2.75, 3.05) is 26.2 Å². The number of fused-ring (bicyclic) bond motifs is 2. The Kier molecular flexibility index (Phi) is 7.17. The van der Waals surface area contributed by atoms with Gasteiger partial charge < -0.3 is 14.5 Å². The van der Waals surface area contributed by atoms with E-state index in [0.717, 1.165) is 0 Å². The first-order valence-corrected chi connectivity index (χ1v) is 11.9. The molecule has 0 aliphatic carbocycles. The molecule has 2 atom stereocenters. The summed E-state index contributed by atoms with van der Waals surface area (Å²) in [5, 5.41) is 0.585. The SMILES string of the molecule is CC(C)(C)OC(=O)N1CCC(CONC(=O)[C@@H]2CC[C@@H]3CN2C(=O)N3OS(=O)(=O)O)CC1. The second-order valence-electron chi connectivity index (χ2n) is 9.20. The maximum absolute atomic E-state index is 12.5. The molecule has 13 nitrogen and oxygen atoms in total. The highest BCUT2D eigenvalue weighted by molar-refractivity contribution is 7.80. The van der Waals surface area contributed by atoms with Gasteiger partial charge in [0.05, 0.1) is 12.6 Å². The summed E-state index contributed by atoms with van der Waals surface area (Å²) in [7, 11) is -4.84. The maximum Gasteiger partial charge on any atom is 0.418 e. The van der Waals surface area contributed by atoms with E-state index in [2.05, 4.69) is 9.76 Å². The number of carbonyl (C=O) groups is 3. The molecule has 14 heteroatoms. The Balaban J connectivity index is 1.41. The summed E-state index contributed by atoms with van der Waals surface area (Å²) in [5.41, 5.74) is 1.82. The van der Waals surface area contributed by atoms with Gasteiger partial charge in [0.15, 0.2) is 0 Å². The number of hydrogen-bond donors (Lipinski definition) is 2. The van der Waals surface area contributed by atoms with E-state index < -0.39 is 40.0 Å². The van der Waals surface area contributed by atoms with Crippen molar-refractivity contribution in [3.63, 3.8) is 0 Å². The fourth-order valence-electron chi connectivity index (χ4n) is 4.01. The topological polar surface area (TPSA) is 155 Å². The summed E-state index contributed by atoms with van der Waals surface area (Å²) in [5.74, 6) is -0.367. The molecule has 3 saturated heterocycles. The molecule has 0 aromatic carbocycles. The van der Waals surface area contributed by atoms with Gasteiger partial charge in [-0.3, -0.25) is 14.2 Å². The molecular formula is C18H30N4O9S. The lowest BCUT2D eigenvalue weighted by Crippen LogP contribution is -2.50. The number of likely N-dealkylation sites (tertiary alicyclic amines) is 1. The summed E-state index contributed by atoms with van der Waals surface area (Å²) in [4.78, 5) is 45.2. The minimum absolute atomic E-state index is 0.107. The van der Waals surface area contributed by atoms with E-state index in [9.17, 15) is 22.8 Å². The van der Waals surface area contributed by atoms with Crippen LogP contribution in [0.5, 0.6) is 0 Å². The van der Waals surface area contributed by atoms with Gasteiger partial charge in [0, 0.05) is 19.6 Å². The zero-order valence-electron chi connectivity index (χ0n) is 18.4. The molecule has 3 aliphatic rings. The van der Waals surface area contributed by atoms with E-state index in [4.69, 9.17) is 14.1 Å². The minimum atomic E-state index is -4.84. The average molecular weight is 479 g/mol. The molecule has 182 valence electrons. The third kappa shape index (κ3) is 6.21. The minimum Gasteiger partial charge on any atom is -0.444 e. The Hall–Kier alpha value is -2.16. The van der Waals surface area contributed by atoms with Crippen molar-refractivity contribution in [2.45, 2.75) is 64.1 Å². The second kappa shape index (κ2) is 9.37. The van der Waals surface area contributed by atoms with Crippen LogP contribution < -0.4 is 5.48 Å². The van der Waals surface area contributed by atoms with E-state index >= 15 is 0 Å². The van der Waals surface area contributed by atoms with Crippen LogP contribution in [0.15, 0.2) is 0 Å². The van der Waals surface area contributed by atoms with Gasteiger partial charge in [0.1, 0.15) is 11.6 Å². The largest absolute Gasteiger partial charge is 0.444 e. The van der Waals surface area contributed by atoms with Crippen LogP contribution in [-0.4, -0.2) is 89.8 Å². The van der Waals surface area contributed by atoms with Crippen molar-refractivity contribution in [1.82, 2.24) is 20.3 Å². The first-order chi connectivity index (χ1) is 14.8. The number of piperidine rings is 2. The number of rotatable bonds is 6. The predicted molar refractivity (Wildman–Crippen MR) is 108 cm³/mol. The molecule has 3 heterocycles. The highest BCUT2D eigenvalue weighted by atomic mass is 32.3. The molecule has 0 unspecified atom stereocenters. The maximum atomic E-state index is 12.5. The van der Waals surface area contributed by atoms with Crippen LogP contribution >= 0.6 is 0 Å². The van der Waals surface area contributed by atoms with E-state index in [1.807, 2.05) is 20.8 Å². The highest BCUT2D eigenvalue weighted by Gasteiger charge is 2.49. The lowest BCUT2D eigenvalue weighted by molar-refractivity contribution is -0.140. The van der Waals surface area contributed by atoms with Gasteiger partial charge in [-0.05, 0) is 52.4 Å². The van der Waals surface area contributed by atoms with Gasteiger partial charge in [-0.2, -0.15) is 13.5 Å². The summed E-state index contributed by atoms with van der Waals surface area (Å²) >= 11 is 0. The van der Waals surface area contributed by atoms with Gasteiger partial charge in [0.25, 0.3) is 5.91 Å². The van der Waals surface area contributed by atoms with Gasteiger partial charge in [0.2, 0.25) is 0 Å². The molecule has 0 radical (unpaired) electrons. The van der Waals surface area contributed by atoms with Crippen LogP contribution in [0.2, 0.25) is 0 Å². The van der Waals surface area contributed by atoms with Crippen LogP contribution in [0.4, 0.5) is 9.59 Å². The number of carbonyl (C=O) groups excluding carboxylic acids is 3. The van der Waals surface area contributed by atoms with Crippen LogP contribution in [-0.2, 0) is 29.1 Å². The van der Waals surface area contributed by atoms with Crippen molar-refractivity contribution < 1.29 is 41.2 Å². The van der Waals surface area contributed by atoms with Crippen LogP contribution in [0, 0.1) is 5.92 Å². The number of hydroxylamine groups is 3. The normalized spacial score (nSPS) is 24.6. The first kappa shape index (κ1) is 24.5. The number of hydrogen-bond acceptors (Lipinski definition) is 8. The summed E-state index contributed by atoms with van der Waals surface area (Å²) in [6, 6.07) is -2.20. The van der Waals surface area contributed by atoms with Crippen LogP contribution in [0.25, 0.3) is 0 Å². The van der Waals surface area contributed by atoms with E-state index in [1.165, 1.54) is 4.90 Å². The fourth-order valence-corrected chi connectivity index (χ4v) is 4.40. The number of ether oxygens (including phenoxy) is 1. The highest BCUT2D eigenvalue weighted by Crippen LogP contribution is 2.30. The van der Waals surface area contributed by atoms with E-state index in [1.54, 1.807) is 4.90 Å². The Morgan fingerprint density at radius 3 is 2.41 bits per heavy atom. The van der Waals surface area contributed by atoms with Gasteiger partial charge in [-0.1, -0.05) is 0 Å². The molecule has 2 bridgehead atoms. The third-order valence-electron chi connectivity index (χ3n) is 5.56. The fraction of sp³-hybridized carbons (Fsp3) is 0.833. The Bertz CT molecular complexity index is 836. The van der Waals surface area contributed by atoms with Crippen molar-refractivity contribution in [1.29, 1.82) is 0 Å². The van der Waals surface area contributed by atoms with Gasteiger partial charge >= 0.3 is 22.5 Å². The molecule has 0 saturated carbocycles. The third-order valence-corrected chi connectivity index (χ3v) is 5.91. The lowest BCUT2D eigenvalue weighted by Gasteiger charge is -2.33. The predicted octanol–water partition coefficient (Wildman–Crippen LogP) is 0.684. The smallest absolute Gasteiger partial charge is 0.418 e. The second-order valence-corrected chi connectivity index (χ2v) is 10.2. The molecule has 0 spiro atoms. The Morgan fingerprint density at radius 2 is 1.81 bits per heavy atom. The first-order valence-electron chi connectivity index (χ1n) is 10.5. The molecule has 32 heavy (non-hydrogen) atoms. The van der Waals surface area contributed by atoms with E-state index in [-0.39, 0.29) is 25.2 Å². The Labute approximate surface area is 186 Å². The molecule has 0 aromatic rings. The molecule has 3 aliphatic heterocycles. The van der Waals surface area contributed by atoms with Crippen molar-refractivity contribution >= 4 is 28.4 Å². The quantitative estimate of drug-likeness (QED) is 0.414. The van der Waals surface area contributed by atoms with Gasteiger partial charge in [-0.15, -0.1) is 4.28 Å². The Morgan fingerprint density at radius 1 is 1.16 bits per heavy atom. The zero-order chi connectivity index (χ0) is 23.7. The molecule has 0 aromatic heterocycles. The van der Waals surface area contributed by atoms with Crippen molar-refractivity contribution in [3.05, 3.63) is 0 Å². The van der Waals surface area contributed by atoms with Crippen molar-refractivity contribution in [2.24, 2.45) is 5.92 Å². The molecule has 4 amide bonds. The molecular weight excluding hydrogens is 448 g/mol. The molecule has 2 N–H and O–H groups in total. The number of nitrogens with one attached hydrogen (secondary N) is 1. The van der Waals surface area contributed by atoms with Crippen LogP contribution in [0.3, 0.4) is 0 Å². The summed E-state index contributed by atoms with van der Waals surface area (Å²) in [6.07, 6.45) is 1.69. The van der Waals surface area contributed by atoms with Gasteiger partial charge in [-0.25, -0.2) is 15.1 Å². The number of amides is 4. The molecule has 3 rings (SSSR count). The van der Waals surface area contributed by atoms with E-state index in [0.29, 0.717) is 43.8 Å². The summed E-state index contributed by atoms with van der Waals surface area (Å²) < 4.78 is 40.4. The monoisotopic (exact) mass is 478 g/mol. The average Bonchev–Trinajstić information content (AvgIpc) is 2.90. The zero-order valence-corrected chi connectivity index (χ0v) is 19.2. The number of nitrogens with zero attached hydrogens (tertiary/aromatic N) is 3.